The van der Waals surface area contributed by atoms with Crippen molar-refractivity contribution >= 4 is 10.0 Å². The summed E-state index contributed by atoms with van der Waals surface area (Å²) < 4.78 is 29.8. The highest BCUT2D eigenvalue weighted by Crippen LogP contribution is 2.13. The molecule has 0 aliphatic rings. The lowest BCUT2D eigenvalue weighted by molar-refractivity contribution is 0.317. The van der Waals surface area contributed by atoms with E-state index in [2.05, 4.69) is 17.0 Å². The van der Waals surface area contributed by atoms with E-state index in [-0.39, 0.29) is 0 Å². The van der Waals surface area contributed by atoms with Crippen molar-refractivity contribution in [3.8, 4) is 5.75 Å². The van der Waals surface area contributed by atoms with Gasteiger partial charge < -0.3 is 10.1 Å². The number of hydrogen-bond donors (Lipinski definition) is 2. The van der Waals surface area contributed by atoms with Gasteiger partial charge in [-0.15, -0.1) is 0 Å². The van der Waals surface area contributed by atoms with Crippen LogP contribution in [0, 0.1) is 0 Å². The van der Waals surface area contributed by atoms with Crippen molar-refractivity contribution in [3.05, 3.63) is 29.8 Å². The van der Waals surface area contributed by atoms with Crippen LogP contribution < -0.4 is 14.8 Å². The Morgan fingerprint density at radius 1 is 1.25 bits per heavy atom. The lowest BCUT2D eigenvalue weighted by Crippen LogP contribution is -2.26. The molecule has 5 nitrogen and oxygen atoms in total. The molecule has 0 amide bonds. The maximum Gasteiger partial charge on any atom is 0.208 e. The molecule has 0 heterocycles. The van der Waals surface area contributed by atoms with Gasteiger partial charge in [0.2, 0.25) is 10.0 Å². The van der Waals surface area contributed by atoms with Crippen LogP contribution in [-0.2, 0) is 16.6 Å². The zero-order valence-electron chi connectivity index (χ0n) is 12.2. The van der Waals surface area contributed by atoms with Gasteiger partial charge in [0.1, 0.15) is 5.75 Å². The Morgan fingerprint density at radius 3 is 2.75 bits per heavy atom. The van der Waals surface area contributed by atoms with Crippen molar-refractivity contribution in [2.75, 3.05) is 26.0 Å². The largest absolute Gasteiger partial charge is 0.494 e. The molecule has 1 aromatic rings. The highest BCUT2D eigenvalue weighted by molar-refractivity contribution is 7.88. The molecule has 0 atom stereocenters. The maximum absolute atomic E-state index is 10.9. The third-order valence-corrected chi connectivity index (χ3v) is 3.32. The maximum atomic E-state index is 10.9. The third-order valence-electron chi connectivity index (χ3n) is 2.60. The SMILES string of the molecule is CCCOc1cccc(CNCCCNS(C)(=O)=O)c1. The number of nitrogens with one attached hydrogen (secondary N) is 2. The molecule has 0 aromatic heterocycles. The monoisotopic (exact) mass is 300 g/mol. The van der Waals surface area contributed by atoms with Crippen molar-refractivity contribution in [2.24, 2.45) is 0 Å². The van der Waals surface area contributed by atoms with E-state index in [0.717, 1.165) is 43.9 Å². The molecular formula is C14H24N2O3S. The molecule has 20 heavy (non-hydrogen) atoms. The van der Waals surface area contributed by atoms with E-state index in [9.17, 15) is 8.42 Å². The summed E-state index contributed by atoms with van der Waals surface area (Å²) in [6.45, 7) is 4.79. The van der Waals surface area contributed by atoms with Gasteiger partial charge in [-0.1, -0.05) is 19.1 Å². The molecule has 0 spiro atoms. The lowest BCUT2D eigenvalue weighted by Gasteiger charge is -2.08. The fourth-order valence-corrected chi connectivity index (χ4v) is 2.18. The predicted molar refractivity (Wildman–Crippen MR) is 81.4 cm³/mol. The Bertz CT molecular complexity index is 489. The van der Waals surface area contributed by atoms with Crippen LogP contribution in [0.1, 0.15) is 25.3 Å². The fourth-order valence-electron chi connectivity index (χ4n) is 1.67. The molecule has 2 N–H and O–H groups in total. The zero-order chi connectivity index (χ0) is 14.8. The standard InChI is InChI=1S/C14H24N2O3S/c1-3-10-19-14-7-4-6-13(11-14)12-15-8-5-9-16-20(2,17)18/h4,6-7,11,15-16H,3,5,8-10,12H2,1-2H3. The molecule has 0 saturated carbocycles. The van der Waals surface area contributed by atoms with Crippen molar-refractivity contribution in [1.82, 2.24) is 10.0 Å². The molecule has 0 fully saturated rings. The minimum Gasteiger partial charge on any atom is -0.494 e. The van der Waals surface area contributed by atoms with Crippen molar-refractivity contribution in [1.29, 1.82) is 0 Å². The number of sulfonamides is 1. The summed E-state index contributed by atoms with van der Waals surface area (Å²) in [7, 11) is -3.07. The minimum atomic E-state index is -3.07. The second-order valence-electron chi connectivity index (χ2n) is 4.69. The summed E-state index contributed by atoms with van der Waals surface area (Å²) >= 11 is 0. The Hall–Kier alpha value is -1.11. The molecule has 0 aliphatic heterocycles. The molecular weight excluding hydrogens is 276 g/mol. The number of hydrogen-bond acceptors (Lipinski definition) is 4. The molecule has 0 aliphatic carbocycles. The molecule has 6 heteroatoms. The first-order valence-corrected chi connectivity index (χ1v) is 8.77. The van der Waals surface area contributed by atoms with Gasteiger partial charge in [0, 0.05) is 13.1 Å². The summed E-state index contributed by atoms with van der Waals surface area (Å²) in [5.41, 5.74) is 1.16. The second-order valence-corrected chi connectivity index (χ2v) is 6.53. The first kappa shape index (κ1) is 16.9. The van der Waals surface area contributed by atoms with E-state index in [1.807, 2.05) is 24.3 Å². The van der Waals surface area contributed by atoms with Gasteiger partial charge in [-0.05, 0) is 37.1 Å². The molecule has 1 rings (SSSR count). The molecule has 114 valence electrons. The van der Waals surface area contributed by atoms with E-state index in [4.69, 9.17) is 4.74 Å². The number of ether oxygens (including phenoxy) is 1. The highest BCUT2D eigenvalue weighted by Gasteiger charge is 1.99. The molecule has 0 bridgehead atoms. The van der Waals surface area contributed by atoms with Crippen LogP contribution >= 0.6 is 0 Å². The predicted octanol–water partition coefficient (Wildman–Crippen LogP) is 1.50. The van der Waals surface area contributed by atoms with Gasteiger partial charge in [-0.2, -0.15) is 0 Å². The van der Waals surface area contributed by atoms with E-state index < -0.39 is 10.0 Å². The van der Waals surface area contributed by atoms with E-state index in [1.165, 1.54) is 6.26 Å². The smallest absolute Gasteiger partial charge is 0.208 e. The zero-order valence-corrected chi connectivity index (χ0v) is 13.0. The summed E-state index contributed by atoms with van der Waals surface area (Å²) in [5, 5.41) is 3.28. The van der Waals surface area contributed by atoms with Crippen LogP contribution in [-0.4, -0.2) is 34.4 Å². The Labute approximate surface area is 121 Å². The van der Waals surface area contributed by atoms with E-state index >= 15 is 0 Å². The normalized spacial score (nSPS) is 11.5. The first-order valence-electron chi connectivity index (χ1n) is 6.88. The third kappa shape index (κ3) is 8.14. The lowest BCUT2D eigenvalue weighted by atomic mass is 10.2. The van der Waals surface area contributed by atoms with Crippen molar-refractivity contribution < 1.29 is 13.2 Å². The average molecular weight is 300 g/mol. The van der Waals surface area contributed by atoms with Gasteiger partial charge in [0.15, 0.2) is 0 Å². The van der Waals surface area contributed by atoms with Gasteiger partial charge in [0.25, 0.3) is 0 Å². The van der Waals surface area contributed by atoms with Gasteiger partial charge in [-0.3, -0.25) is 0 Å². The number of benzene rings is 1. The summed E-state index contributed by atoms with van der Waals surface area (Å²) in [6, 6.07) is 8.00. The van der Waals surface area contributed by atoms with Crippen molar-refractivity contribution in [3.63, 3.8) is 0 Å². The Balaban J connectivity index is 2.21. The van der Waals surface area contributed by atoms with Gasteiger partial charge in [0.05, 0.1) is 12.9 Å². The van der Waals surface area contributed by atoms with Crippen molar-refractivity contribution in [2.45, 2.75) is 26.3 Å². The van der Waals surface area contributed by atoms with Crippen LogP contribution in [0.3, 0.4) is 0 Å². The Morgan fingerprint density at radius 2 is 2.05 bits per heavy atom. The van der Waals surface area contributed by atoms with Crippen LogP contribution in [0.25, 0.3) is 0 Å². The topological polar surface area (TPSA) is 67.4 Å². The summed E-state index contributed by atoms with van der Waals surface area (Å²) in [6.07, 6.45) is 2.93. The quantitative estimate of drug-likeness (QED) is 0.643. The first-order chi connectivity index (χ1) is 9.51. The minimum absolute atomic E-state index is 0.464. The summed E-state index contributed by atoms with van der Waals surface area (Å²) in [4.78, 5) is 0. The second kappa shape index (κ2) is 8.94. The van der Waals surface area contributed by atoms with Crippen LogP contribution in [0.15, 0.2) is 24.3 Å². The molecule has 0 saturated heterocycles. The van der Waals surface area contributed by atoms with Crippen LogP contribution in [0.5, 0.6) is 5.75 Å². The fraction of sp³-hybridized carbons (Fsp3) is 0.571. The summed E-state index contributed by atoms with van der Waals surface area (Å²) in [5.74, 6) is 0.893. The van der Waals surface area contributed by atoms with Crippen LogP contribution in [0.4, 0.5) is 0 Å². The number of rotatable bonds is 10. The highest BCUT2D eigenvalue weighted by atomic mass is 32.2. The molecule has 0 unspecified atom stereocenters. The average Bonchev–Trinajstić information content (AvgIpc) is 2.40. The molecule has 0 radical (unpaired) electrons. The van der Waals surface area contributed by atoms with Gasteiger partial charge in [-0.25, -0.2) is 13.1 Å². The van der Waals surface area contributed by atoms with E-state index in [1.54, 1.807) is 0 Å². The van der Waals surface area contributed by atoms with E-state index in [0.29, 0.717) is 6.54 Å². The molecule has 1 aromatic carbocycles. The van der Waals surface area contributed by atoms with Gasteiger partial charge >= 0.3 is 0 Å². The van der Waals surface area contributed by atoms with Crippen LogP contribution in [0.2, 0.25) is 0 Å². The Kier molecular flexibility index (Phi) is 7.58.